The quantitative estimate of drug-likeness (QED) is 0.840. The number of nitrogens with two attached hydrogens (primary N) is 1. The van der Waals surface area contributed by atoms with E-state index in [4.69, 9.17) is 5.73 Å². The Morgan fingerprint density at radius 1 is 1.38 bits per heavy atom. The van der Waals surface area contributed by atoms with Gasteiger partial charge in [-0.3, -0.25) is 4.90 Å². The molecule has 118 valence electrons. The molecule has 0 radical (unpaired) electrons. The van der Waals surface area contributed by atoms with Crippen LogP contribution in [0.3, 0.4) is 0 Å². The molecule has 2 N–H and O–H groups in total. The first-order chi connectivity index (χ1) is 9.93. The van der Waals surface area contributed by atoms with Crippen LogP contribution in [0.5, 0.6) is 5.75 Å². The van der Waals surface area contributed by atoms with Crippen molar-refractivity contribution in [3.05, 3.63) is 29.8 Å². The van der Waals surface area contributed by atoms with E-state index >= 15 is 0 Å². The summed E-state index contributed by atoms with van der Waals surface area (Å²) in [5, 5.41) is 0. The number of ether oxygens (including phenoxy) is 1. The molecule has 0 aliphatic heterocycles. The third-order valence-electron chi connectivity index (χ3n) is 3.74. The Labute approximate surface area is 122 Å². The molecular weight excluding hydrogens is 281 g/mol. The molecule has 0 saturated heterocycles. The number of alkyl halides is 3. The highest BCUT2D eigenvalue weighted by Crippen LogP contribution is 2.33. The van der Waals surface area contributed by atoms with Gasteiger partial charge in [-0.25, -0.2) is 0 Å². The van der Waals surface area contributed by atoms with Crippen LogP contribution in [0, 0.1) is 5.92 Å². The molecule has 21 heavy (non-hydrogen) atoms. The van der Waals surface area contributed by atoms with E-state index in [2.05, 4.69) is 9.64 Å². The lowest BCUT2D eigenvalue weighted by Crippen LogP contribution is -2.35. The van der Waals surface area contributed by atoms with Gasteiger partial charge in [0.05, 0.1) is 0 Å². The molecule has 0 heterocycles. The molecule has 0 spiro atoms. The predicted octanol–water partition coefficient (Wildman–Crippen LogP) is 3.32. The minimum atomic E-state index is -4.67. The summed E-state index contributed by atoms with van der Waals surface area (Å²) in [4.78, 5) is 2.23. The summed E-state index contributed by atoms with van der Waals surface area (Å²) < 4.78 is 40.9. The molecule has 1 aliphatic carbocycles. The van der Waals surface area contributed by atoms with Crippen LogP contribution in [0.15, 0.2) is 24.3 Å². The molecule has 0 aromatic heterocycles. The second-order valence-electron chi connectivity index (χ2n) is 5.40. The summed E-state index contributed by atoms with van der Waals surface area (Å²) in [5.41, 5.74) is 6.62. The molecule has 1 atom stereocenters. The average molecular weight is 302 g/mol. The maximum atomic E-state index is 12.3. The van der Waals surface area contributed by atoms with Crippen LogP contribution in [0.1, 0.15) is 31.4 Å². The van der Waals surface area contributed by atoms with Gasteiger partial charge in [0, 0.05) is 19.1 Å². The zero-order chi connectivity index (χ0) is 15.5. The molecule has 0 bridgehead atoms. The molecule has 1 fully saturated rings. The van der Waals surface area contributed by atoms with Crippen molar-refractivity contribution in [3.8, 4) is 5.75 Å². The molecule has 1 unspecified atom stereocenters. The maximum Gasteiger partial charge on any atom is 0.573 e. The zero-order valence-electron chi connectivity index (χ0n) is 12.1. The lowest BCUT2D eigenvalue weighted by atomic mass is 10.0. The lowest BCUT2D eigenvalue weighted by Gasteiger charge is -2.30. The van der Waals surface area contributed by atoms with Gasteiger partial charge < -0.3 is 10.5 Å². The molecule has 1 saturated carbocycles. The van der Waals surface area contributed by atoms with Crippen LogP contribution in [-0.4, -0.2) is 30.9 Å². The van der Waals surface area contributed by atoms with Crippen molar-refractivity contribution in [1.82, 2.24) is 4.90 Å². The van der Waals surface area contributed by atoms with Crippen molar-refractivity contribution in [2.24, 2.45) is 11.7 Å². The predicted molar refractivity (Wildman–Crippen MR) is 74.9 cm³/mol. The van der Waals surface area contributed by atoms with Crippen molar-refractivity contribution >= 4 is 0 Å². The minimum Gasteiger partial charge on any atom is -0.406 e. The summed E-state index contributed by atoms with van der Waals surface area (Å²) in [7, 11) is 0. The Bertz CT molecular complexity index is 460. The van der Waals surface area contributed by atoms with Crippen LogP contribution in [-0.2, 0) is 0 Å². The average Bonchev–Trinajstić information content (AvgIpc) is 3.21. The Hall–Kier alpha value is -1.27. The van der Waals surface area contributed by atoms with Gasteiger partial charge in [0.15, 0.2) is 0 Å². The number of rotatable bonds is 7. The van der Waals surface area contributed by atoms with E-state index in [-0.39, 0.29) is 11.8 Å². The summed E-state index contributed by atoms with van der Waals surface area (Å²) in [6.07, 6.45) is -2.22. The first-order valence-electron chi connectivity index (χ1n) is 7.22. The number of hydrogen-bond donors (Lipinski definition) is 1. The van der Waals surface area contributed by atoms with Gasteiger partial charge in [-0.15, -0.1) is 13.2 Å². The highest BCUT2D eigenvalue weighted by Gasteiger charge is 2.32. The van der Waals surface area contributed by atoms with Crippen molar-refractivity contribution < 1.29 is 17.9 Å². The molecule has 0 amide bonds. The van der Waals surface area contributed by atoms with Crippen molar-refractivity contribution in [1.29, 1.82) is 0 Å². The van der Waals surface area contributed by atoms with Crippen molar-refractivity contribution in [2.75, 3.05) is 19.6 Å². The Morgan fingerprint density at radius 2 is 2.10 bits per heavy atom. The van der Waals surface area contributed by atoms with Crippen LogP contribution in [0.25, 0.3) is 0 Å². The monoisotopic (exact) mass is 302 g/mol. The number of likely N-dealkylation sites (N-methyl/N-ethyl adjacent to an activating group) is 1. The fourth-order valence-corrected chi connectivity index (χ4v) is 2.52. The van der Waals surface area contributed by atoms with E-state index < -0.39 is 6.36 Å². The van der Waals surface area contributed by atoms with Gasteiger partial charge in [-0.1, -0.05) is 19.1 Å². The van der Waals surface area contributed by atoms with Gasteiger partial charge in [-0.05, 0) is 43.0 Å². The first kappa shape index (κ1) is 16.1. The van der Waals surface area contributed by atoms with Crippen molar-refractivity contribution in [3.63, 3.8) is 0 Å². The van der Waals surface area contributed by atoms with Crippen LogP contribution in [0.4, 0.5) is 13.2 Å². The topological polar surface area (TPSA) is 38.5 Å². The number of benzene rings is 1. The van der Waals surface area contributed by atoms with Gasteiger partial charge in [-0.2, -0.15) is 0 Å². The van der Waals surface area contributed by atoms with E-state index in [1.807, 2.05) is 6.92 Å². The number of nitrogens with zero attached hydrogens (tertiary/aromatic N) is 1. The van der Waals surface area contributed by atoms with E-state index in [1.54, 1.807) is 12.1 Å². The van der Waals surface area contributed by atoms with Crippen LogP contribution in [0.2, 0.25) is 0 Å². The lowest BCUT2D eigenvalue weighted by molar-refractivity contribution is -0.274. The smallest absolute Gasteiger partial charge is 0.406 e. The maximum absolute atomic E-state index is 12.3. The Morgan fingerprint density at radius 3 is 2.62 bits per heavy atom. The minimum absolute atomic E-state index is 0.0765. The van der Waals surface area contributed by atoms with Gasteiger partial charge >= 0.3 is 6.36 Å². The third-order valence-corrected chi connectivity index (χ3v) is 3.74. The fraction of sp³-hybridized carbons (Fsp3) is 0.600. The van der Waals surface area contributed by atoms with E-state index in [1.165, 1.54) is 25.0 Å². The summed E-state index contributed by atoms with van der Waals surface area (Å²) >= 11 is 0. The zero-order valence-corrected chi connectivity index (χ0v) is 12.1. The molecule has 2 rings (SSSR count). The number of hydrogen-bond acceptors (Lipinski definition) is 3. The fourth-order valence-electron chi connectivity index (χ4n) is 2.52. The van der Waals surface area contributed by atoms with E-state index in [0.717, 1.165) is 18.7 Å². The largest absolute Gasteiger partial charge is 0.573 e. The standard InChI is InChI=1S/C15H21F3N2O/c1-2-20(10-11-6-7-11)14(9-19)12-4-3-5-13(8-12)21-15(16,17)18/h3-5,8,11,14H,2,6-7,9-10,19H2,1H3. The van der Waals surface area contributed by atoms with Crippen molar-refractivity contribution in [2.45, 2.75) is 32.2 Å². The van der Waals surface area contributed by atoms with Gasteiger partial charge in [0.25, 0.3) is 0 Å². The van der Waals surface area contributed by atoms with Crippen LogP contribution >= 0.6 is 0 Å². The van der Waals surface area contributed by atoms with Crippen LogP contribution < -0.4 is 10.5 Å². The van der Waals surface area contributed by atoms with Gasteiger partial charge in [0.2, 0.25) is 0 Å². The third kappa shape index (κ3) is 4.89. The van der Waals surface area contributed by atoms with E-state index in [9.17, 15) is 13.2 Å². The molecular formula is C15H21F3N2O. The number of halogens is 3. The molecule has 1 aromatic rings. The normalized spacial score (nSPS) is 17.0. The van der Waals surface area contributed by atoms with Gasteiger partial charge in [0.1, 0.15) is 5.75 Å². The summed E-state index contributed by atoms with van der Waals surface area (Å²) in [6, 6.07) is 6.04. The highest BCUT2D eigenvalue weighted by molar-refractivity contribution is 5.31. The molecule has 1 aliphatic rings. The Balaban J connectivity index is 2.14. The van der Waals surface area contributed by atoms with E-state index in [0.29, 0.717) is 12.5 Å². The molecule has 6 heteroatoms. The highest BCUT2D eigenvalue weighted by atomic mass is 19.4. The molecule has 1 aromatic carbocycles. The molecule has 3 nitrogen and oxygen atoms in total. The second kappa shape index (κ2) is 6.66. The SMILES string of the molecule is CCN(CC1CC1)C(CN)c1cccc(OC(F)(F)F)c1. The second-order valence-corrected chi connectivity index (χ2v) is 5.40. The Kier molecular flexibility index (Phi) is 5.11. The summed E-state index contributed by atoms with van der Waals surface area (Å²) in [5.74, 6) is 0.509. The first-order valence-corrected chi connectivity index (χ1v) is 7.22. The summed E-state index contributed by atoms with van der Waals surface area (Å²) in [6.45, 7) is 4.18.